The molecule has 6 N–H and O–H groups in total. The smallest absolute Gasteiger partial charge is 0.306 e. The molecule has 0 spiro atoms. The van der Waals surface area contributed by atoms with Crippen LogP contribution in [0.3, 0.4) is 0 Å². The molecule has 1 fully saturated rings. The molecule has 0 saturated heterocycles. The number of phosphoric ester groups is 1. The highest BCUT2D eigenvalue weighted by Gasteiger charge is 2.50. The maximum atomic E-state index is 12.7. The van der Waals surface area contributed by atoms with Gasteiger partial charge in [0.05, 0.1) is 17.2 Å². The van der Waals surface area contributed by atoms with Gasteiger partial charge < -0.3 is 54.3 Å². The lowest BCUT2D eigenvalue weighted by Gasteiger charge is -2.43. The highest BCUT2D eigenvalue weighted by Crippen LogP contribution is 2.43. The lowest BCUT2D eigenvalue weighted by molar-refractivity contribution is -0.383. The summed E-state index contributed by atoms with van der Waals surface area (Å²) in [6.45, 7) is 1.17. The van der Waals surface area contributed by atoms with E-state index in [9.17, 15) is 54.7 Å². The minimum atomic E-state index is -5.43. The predicted molar refractivity (Wildman–Crippen MR) is 196 cm³/mol. The van der Waals surface area contributed by atoms with E-state index >= 15 is 0 Å². The number of rotatable bonds is 28. The first kappa shape index (κ1) is 47.0. The van der Waals surface area contributed by atoms with Crippen LogP contribution < -0.4 is 10.2 Å². The molecule has 1 aromatic heterocycles. The van der Waals surface area contributed by atoms with Gasteiger partial charge in [-0.1, -0.05) is 77.6 Å². The van der Waals surface area contributed by atoms with E-state index in [4.69, 9.17) is 18.5 Å². The Balaban J connectivity index is 1.45. The molecule has 3 rings (SSSR count). The van der Waals surface area contributed by atoms with Gasteiger partial charge in [0, 0.05) is 25.5 Å². The number of aromatic nitrogens is 2. The van der Waals surface area contributed by atoms with E-state index in [1.807, 2.05) is 0 Å². The summed E-state index contributed by atoms with van der Waals surface area (Å²) in [4.78, 5) is 48.5. The van der Waals surface area contributed by atoms with E-state index in [-0.39, 0.29) is 29.6 Å². The van der Waals surface area contributed by atoms with Crippen molar-refractivity contribution in [1.29, 1.82) is 0 Å². The number of phosphoric acid groups is 1. The Morgan fingerprint density at radius 2 is 1.34 bits per heavy atom. The molecule has 0 aliphatic heterocycles. The maximum Gasteiger partial charge on any atom is 0.306 e. The van der Waals surface area contributed by atoms with Gasteiger partial charge in [0.15, 0.2) is 11.6 Å². The number of non-ortho nitro benzene ring substituents is 1. The largest absolute Gasteiger partial charge is 0.756 e. The van der Waals surface area contributed by atoms with Gasteiger partial charge in [-0.25, -0.2) is 4.63 Å². The van der Waals surface area contributed by atoms with Crippen LogP contribution >= 0.6 is 7.82 Å². The fourth-order valence-electron chi connectivity index (χ4n) is 6.17. The fourth-order valence-corrected chi connectivity index (χ4v) is 7.12. The van der Waals surface area contributed by atoms with Gasteiger partial charge in [-0.3, -0.25) is 24.3 Å². The molecule has 3 unspecified atom stereocenters. The van der Waals surface area contributed by atoms with Crippen molar-refractivity contribution in [2.75, 3.05) is 25.1 Å². The van der Waals surface area contributed by atoms with Crippen molar-refractivity contribution in [3.8, 4) is 0 Å². The minimum absolute atomic E-state index is 0.00236. The van der Waals surface area contributed by atoms with Crippen LogP contribution in [0.25, 0.3) is 11.0 Å². The molecule has 1 aliphatic rings. The van der Waals surface area contributed by atoms with Crippen LogP contribution in [0, 0.1) is 10.1 Å². The average molecular weight is 820 g/mol. The zero-order valence-electron chi connectivity index (χ0n) is 31.6. The van der Waals surface area contributed by atoms with Gasteiger partial charge in [0.1, 0.15) is 43.2 Å². The monoisotopic (exact) mass is 819 g/mol. The number of aliphatic hydroxyl groups excluding tert-OH is 5. The van der Waals surface area contributed by atoms with E-state index in [0.717, 1.165) is 25.7 Å². The number of benzene rings is 1. The topological polar surface area (TPSA) is 306 Å². The highest BCUT2D eigenvalue weighted by atomic mass is 31.2. The lowest BCUT2D eigenvalue weighted by atomic mass is 9.85. The van der Waals surface area contributed by atoms with Crippen molar-refractivity contribution in [2.24, 2.45) is 0 Å². The van der Waals surface area contributed by atoms with E-state index in [1.165, 1.54) is 50.7 Å². The number of nitro benzene ring substituents is 1. The summed E-state index contributed by atoms with van der Waals surface area (Å²) in [5.41, 5.74) is 0.427. The molecule has 56 heavy (non-hydrogen) atoms. The molecule has 1 aliphatic carbocycles. The number of nitrogens with one attached hydrogen (secondary N) is 1. The second-order valence-corrected chi connectivity index (χ2v) is 15.3. The van der Waals surface area contributed by atoms with Crippen LogP contribution in [0.5, 0.6) is 0 Å². The molecule has 20 nitrogen and oxygen atoms in total. The highest BCUT2D eigenvalue weighted by molar-refractivity contribution is 7.45. The summed E-state index contributed by atoms with van der Waals surface area (Å²) in [7, 11) is -5.43. The number of unbranched alkanes of at least 4 members (excludes halogenated alkanes) is 12. The van der Waals surface area contributed by atoms with Crippen molar-refractivity contribution in [3.05, 3.63) is 22.2 Å². The molecule has 318 valence electrons. The minimum Gasteiger partial charge on any atom is -0.756 e. The summed E-state index contributed by atoms with van der Waals surface area (Å²) in [5.74, 6) is -1.34. The Labute approximate surface area is 324 Å². The normalized spacial score (nSPS) is 22.7. The van der Waals surface area contributed by atoms with Crippen LogP contribution in [0.1, 0.15) is 110 Å². The van der Waals surface area contributed by atoms with Gasteiger partial charge in [-0.05, 0) is 35.6 Å². The molecular formula is C35H56N4O16P-. The molecule has 2 aromatic rings. The van der Waals surface area contributed by atoms with Gasteiger partial charge in [0.25, 0.3) is 7.82 Å². The molecule has 1 heterocycles. The van der Waals surface area contributed by atoms with Crippen LogP contribution in [-0.2, 0) is 32.7 Å². The van der Waals surface area contributed by atoms with E-state index < -0.39 is 80.6 Å². The maximum absolute atomic E-state index is 12.7. The third-order valence-corrected chi connectivity index (χ3v) is 10.4. The Hall–Kier alpha value is -3.33. The number of carbonyl (C=O) groups excluding carboxylic acids is 2. The summed E-state index contributed by atoms with van der Waals surface area (Å²) in [6, 6.07) is 2.76. The van der Waals surface area contributed by atoms with Crippen LogP contribution in [0.15, 0.2) is 16.8 Å². The first-order valence-electron chi connectivity index (χ1n) is 19.3. The number of hydrogen-bond acceptors (Lipinski definition) is 19. The average Bonchev–Trinajstić information content (AvgIpc) is 3.67. The van der Waals surface area contributed by atoms with Gasteiger partial charge in [-0.15, -0.1) is 0 Å². The number of nitro groups is 1. The van der Waals surface area contributed by atoms with Crippen molar-refractivity contribution in [2.45, 2.75) is 152 Å². The van der Waals surface area contributed by atoms with Gasteiger partial charge >= 0.3 is 17.6 Å². The summed E-state index contributed by atoms with van der Waals surface area (Å²) in [5, 5.41) is 71.4. The summed E-state index contributed by atoms with van der Waals surface area (Å²) in [6.07, 6.45) is -0.354. The first-order chi connectivity index (χ1) is 26.8. The zero-order valence-corrected chi connectivity index (χ0v) is 32.5. The molecule has 21 heteroatoms. The van der Waals surface area contributed by atoms with Gasteiger partial charge in [0.2, 0.25) is 5.52 Å². The Kier molecular flexibility index (Phi) is 20.5. The van der Waals surface area contributed by atoms with Crippen molar-refractivity contribution in [1.82, 2.24) is 10.3 Å². The number of carbonyl (C=O) groups is 2. The van der Waals surface area contributed by atoms with E-state index in [1.54, 1.807) is 0 Å². The van der Waals surface area contributed by atoms with Gasteiger partial charge in [-0.2, -0.15) is 0 Å². The number of anilines is 1. The number of ether oxygens (including phenoxy) is 2. The van der Waals surface area contributed by atoms with Crippen molar-refractivity contribution < 1.29 is 72.7 Å². The Morgan fingerprint density at radius 3 is 1.95 bits per heavy atom. The quantitative estimate of drug-likeness (QED) is 0.0236. The molecule has 0 amide bonds. The molecule has 0 bridgehead atoms. The summed E-state index contributed by atoms with van der Waals surface area (Å²) < 4.78 is 37.5. The summed E-state index contributed by atoms with van der Waals surface area (Å²) >= 11 is 0. The number of fused-ring (bicyclic) bond motifs is 1. The third kappa shape index (κ3) is 15.5. The molecule has 8 atom stereocenters. The van der Waals surface area contributed by atoms with Crippen LogP contribution in [-0.4, -0.2) is 115 Å². The van der Waals surface area contributed by atoms with Crippen LogP contribution in [0.4, 0.5) is 11.4 Å². The predicted octanol–water partition coefficient (Wildman–Crippen LogP) is 2.95. The number of nitrogens with zero attached hydrogens (tertiary/aromatic N) is 3. The second kappa shape index (κ2) is 24.4. The SMILES string of the molecule is CCCCCCCCCCCCCC(=O)OC[C@H](COP(=O)([O-])OC1[C@H](O)[C@H](O)C(O)[C@H](O)[C@H]1O)OC(=O)CCCCCNc1ccc([N+](=O)[O-])c2nonc12. The van der Waals surface area contributed by atoms with Crippen molar-refractivity contribution >= 4 is 42.2 Å². The first-order valence-corrected chi connectivity index (χ1v) is 20.7. The van der Waals surface area contributed by atoms with E-state index in [2.05, 4.69) is 27.2 Å². The Morgan fingerprint density at radius 1 is 0.804 bits per heavy atom. The fraction of sp³-hybridized carbons (Fsp3) is 0.771. The second-order valence-electron chi connectivity index (χ2n) is 13.9. The molecule has 1 saturated carbocycles. The molecule has 0 radical (unpaired) electrons. The molecule has 1 aromatic carbocycles. The number of esters is 2. The number of hydrogen-bond donors (Lipinski definition) is 6. The lowest BCUT2D eigenvalue weighted by Crippen LogP contribution is -2.64. The number of aliphatic hydroxyl groups is 5. The molecular weight excluding hydrogens is 763 g/mol. The van der Waals surface area contributed by atoms with Crippen molar-refractivity contribution in [3.63, 3.8) is 0 Å². The van der Waals surface area contributed by atoms with E-state index in [0.29, 0.717) is 37.9 Å². The van der Waals surface area contributed by atoms with Crippen LogP contribution in [0.2, 0.25) is 0 Å². The standard InChI is InChI=1S/C35H57N4O16P/c1-2-3-4-5-6-7-8-9-10-11-13-16-26(40)51-21-23(22-52-56(49,50)54-35-33(45)31(43)30(42)32(44)34(35)46)53-27(41)17-14-12-15-20-36-24-18-19-25(39(47)48)29-28(24)37-55-38-29/h18-19,23,30-36,42-46H,2-17,20-22H2,1H3,(H,49,50)/p-1/t23-,30?,31-,32+,33-,34-,35?/m1/s1. The Bertz CT molecular complexity index is 1530. The third-order valence-electron chi connectivity index (χ3n) is 9.42. The zero-order chi connectivity index (χ0) is 41.1.